The van der Waals surface area contributed by atoms with Crippen LogP contribution in [0.1, 0.15) is 65.2 Å². The van der Waals surface area contributed by atoms with E-state index in [0.29, 0.717) is 11.5 Å². The second kappa shape index (κ2) is 9.80. The monoisotopic (exact) mass is 390 g/mol. The minimum Gasteiger partial charge on any atom is -0.483 e. The number of carbonyl (C=O) groups is 2. The van der Waals surface area contributed by atoms with E-state index < -0.39 is 0 Å². The fraction of sp³-hybridized carbons (Fsp3) is 0.636. The molecule has 2 fully saturated rings. The number of hydrogen-bond donors (Lipinski definition) is 0. The van der Waals surface area contributed by atoms with E-state index in [1.54, 1.807) is 0 Å². The summed E-state index contributed by atoms with van der Waals surface area (Å²) in [6, 6.07) is 7.55. The van der Waals surface area contributed by atoms with Crippen molar-refractivity contribution >= 4 is 11.9 Å². The maximum atomic E-state index is 11.4. The highest BCUT2D eigenvalue weighted by molar-refractivity contribution is 5.66. The number of benzene rings is 1. The van der Waals surface area contributed by atoms with E-state index in [9.17, 15) is 9.59 Å². The molecular formula is C22H30O6. The Kier molecular flexibility index (Phi) is 7.18. The van der Waals surface area contributed by atoms with Crippen LogP contribution in [0.2, 0.25) is 0 Å². The molecule has 0 bridgehead atoms. The van der Waals surface area contributed by atoms with Crippen molar-refractivity contribution in [3.8, 4) is 11.5 Å². The van der Waals surface area contributed by atoms with Crippen molar-refractivity contribution in [3.05, 3.63) is 24.3 Å². The first-order chi connectivity index (χ1) is 13.5. The van der Waals surface area contributed by atoms with Crippen molar-refractivity contribution < 1.29 is 28.5 Å². The third kappa shape index (κ3) is 5.63. The van der Waals surface area contributed by atoms with Gasteiger partial charge in [0, 0.05) is 13.8 Å². The van der Waals surface area contributed by atoms with E-state index in [1.165, 1.54) is 13.8 Å². The second-order valence-corrected chi connectivity index (χ2v) is 7.62. The van der Waals surface area contributed by atoms with Gasteiger partial charge >= 0.3 is 11.9 Å². The first-order valence-electron chi connectivity index (χ1n) is 10.3. The van der Waals surface area contributed by atoms with E-state index in [-0.39, 0.29) is 36.4 Å². The summed E-state index contributed by atoms with van der Waals surface area (Å²) < 4.78 is 23.4. The van der Waals surface area contributed by atoms with Crippen molar-refractivity contribution in [1.82, 2.24) is 0 Å². The number of para-hydroxylation sites is 2. The summed E-state index contributed by atoms with van der Waals surface area (Å²) in [5, 5.41) is 0. The average molecular weight is 390 g/mol. The van der Waals surface area contributed by atoms with Crippen molar-refractivity contribution in [1.29, 1.82) is 0 Å². The summed E-state index contributed by atoms with van der Waals surface area (Å²) in [6.07, 6.45) is 6.61. The number of carbonyl (C=O) groups excluding carboxylic acids is 2. The van der Waals surface area contributed by atoms with Crippen molar-refractivity contribution in [3.63, 3.8) is 0 Å². The van der Waals surface area contributed by atoms with Gasteiger partial charge in [0.15, 0.2) is 11.5 Å². The Morgan fingerprint density at radius 3 is 1.39 bits per heavy atom. The van der Waals surface area contributed by atoms with Crippen molar-refractivity contribution in [2.24, 2.45) is 0 Å². The molecule has 2 saturated carbocycles. The molecule has 1 aromatic carbocycles. The fourth-order valence-corrected chi connectivity index (χ4v) is 4.06. The third-order valence-electron chi connectivity index (χ3n) is 5.32. The molecule has 6 nitrogen and oxygen atoms in total. The lowest BCUT2D eigenvalue weighted by atomic mass is 9.94. The molecule has 0 heterocycles. The van der Waals surface area contributed by atoms with Crippen molar-refractivity contribution in [2.75, 3.05) is 0 Å². The number of ether oxygens (including phenoxy) is 4. The van der Waals surface area contributed by atoms with Gasteiger partial charge in [0.2, 0.25) is 0 Å². The molecule has 6 heteroatoms. The molecule has 4 atom stereocenters. The minimum atomic E-state index is -0.281. The van der Waals surface area contributed by atoms with Gasteiger partial charge in [-0.05, 0) is 63.5 Å². The van der Waals surface area contributed by atoms with Gasteiger partial charge in [-0.25, -0.2) is 0 Å². The molecule has 0 radical (unpaired) electrons. The van der Waals surface area contributed by atoms with Crippen LogP contribution in [-0.4, -0.2) is 36.4 Å². The lowest BCUT2D eigenvalue weighted by Gasteiger charge is -2.33. The molecule has 0 aromatic heterocycles. The van der Waals surface area contributed by atoms with Crippen LogP contribution < -0.4 is 9.47 Å². The van der Waals surface area contributed by atoms with E-state index >= 15 is 0 Å². The first kappa shape index (κ1) is 20.5. The first-order valence-corrected chi connectivity index (χ1v) is 10.3. The van der Waals surface area contributed by atoms with Crippen LogP contribution in [0.4, 0.5) is 0 Å². The molecule has 1 aromatic rings. The topological polar surface area (TPSA) is 71.1 Å². The molecule has 3 rings (SSSR count). The highest BCUT2D eigenvalue weighted by atomic mass is 16.6. The largest absolute Gasteiger partial charge is 0.483 e. The highest BCUT2D eigenvalue weighted by Gasteiger charge is 2.32. The molecule has 0 N–H and O–H groups in total. The molecule has 0 saturated heterocycles. The van der Waals surface area contributed by atoms with Crippen molar-refractivity contribution in [2.45, 2.75) is 89.6 Å². The van der Waals surface area contributed by atoms with Crippen LogP contribution in [0.5, 0.6) is 11.5 Å². The maximum absolute atomic E-state index is 11.4. The van der Waals surface area contributed by atoms with Gasteiger partial charge in [0.25, 0.3) is 0 Å². The van der Waals surface area contributed by atoms with Gasteiger partial charge in [-0.2, -0.15) is 0 Å². The van der Waals surface area contributed by atoms with E-state index in [0.717, 1.165) is 51.4 Å². The number of hydrogen-bond acceptors (Lipinski definition) is 6. The maximum Gasteiger partial charge on any atom is 0.303 e. The summed E-state index contributed by atoms with van der Waals surface area (Å²) >= 11 is 0. The second-order valence-electron chi connectivity index (χ2n) is 7.62. The zero-order valence-electron chi connectivity index (χ0n) is 16.7. The predicted molar refractivity (Wildman–Crippen MR) is 103 cm³/mol. The Balaban J connectivity index is 1.71. The average Bonchev–Trinajstić information content (AvgIpc) is 2.65. The smallest absolute Gasteiger partial charge is 0.303 e. The van der Waals surface area contributed by atoms with Crippen LogP contribution in [0, 0.1) is 0 Å². The third-order valence-corrected chi connectivity index (χ3v) is 5.32. The molecule has 2 aliphatic rings. The molecular weight excluding hydrogens is 360 g/mol. The molecule has 0 unspecified atom stereocenters. The molecule has 0 aliphatic heterocycles. The van der Waals surface area contributed by atoms with E-state index in [1.807, 2.05) is 24.3 Å². The van der Waals surface area contributed by atoms with Crippen LogP contribution in [0.25, 0.3) is 0 Å². The van der Waals surface area contributed by atoms with Crippen LogP contribution in [0.15, 0.2) is 24.3 Å². The lowest BCUT2D eigenvalue weighted by molar-refractivity contribution is -0.155. The zero-order chi connectivity index (χ0) is 19.9. The molecule has 154 valence electrons. The molecule has 0 spiro atoms. The van der Waals surface area contributed by atoms with E-state index in [4.69, 9.17) is 18.9 Å². The summed E-state index contributed by atoms with van der Waals surface area (Å²) in [6.45, 7) is 2.86. The Bertz CT molecular complexity index is 616. The van der Waals surface area contributed by atoms with Gasteiger partial charge in [-0.15, -0.1) is 0 Å². The Hall–Kier alpha value is -2.24. The standard InChI is InChI=1S/C22H30O6/c1-15(23)25-17-9-3-5-11-19(17)27-21-13-7-8-14-22(21)28-20-12-6-4-10-18(20)26-16(2)24/h7-8,13-14,17-20H,3-6,9-12H2,1-2H3/t17-,18-,19-,20-/m1/s1. The quantitative estimate of drug-likeness (QED) is 0.678. The highest BCUT2D eigenvalue weighted by Crippen LogP contribution is 2.35. The van der Waals surface area contributed by atoms with Crippen LogP contribution in [0.3, 0.4) is 0 Å². The van der Waals surface area contributed by atoms with Crippen LogP contribution in [-0.2, 0) is 19.1 Å². The lowest BCUT2D eigenvalue weighted by Crippen LogP contribution is -2.39. The van der Waals surface area contributed by atoms with Gasteiger partial charge in [-0.3, -0.25) is 9.59 Å². The molecule has 0 amide bonds. The number of esters is 2. The molecule has 28 heavy (non-hydrogen) atoms. The summed E-state index contributed by atoms with van der Waals surface area (Å²) in [5.74, 6) is 0.713. The minimum absolute atomic E-state index is 0.182. The Labute approximate surface area is 166 Å². The zero-order valence-corrected chi connectivity index (χ0v) is 16.7. The predicted octanol–water partition coefficient (Wildman–Crippen LogP) is 4.19. The number of rotatable bonds is 6. The Morgan fingerprint density at radius 1 is 0.679 bits per heavy atom. The van der Waals surface area contributed by atoms with Gasteiger partial charge in [0.1, 0.15) is 24.4 Å². The summed E-state index contributed by atoms with van der Waals surface area (Å²) in [5.41, 5.74) is 0. The van der Waals surface area contributed by atoms with Crippen LogP contribution >= 0.6 is 0 Å². The van der Waals surface area contributed by atoms with Gasteiger partial charge in [0.05, 0.1) is 0 Å². The Morgan fingerprint density at radius 2 is 1.04 bits per heavy atom. The SMILES string of the molecule is CC(=O)O[C@@H]1CCCC[C@H]1Oc1ccccc1O[C@@H]1CCCC[C@H]1OC(C)=O. The van der Waals surface area contributed by atoms with Gasteiger partial charge in [-0.1, -0.05) is 12.1 Å². The van der Waals surface area contributed by atoms with Gasteiger partial charge < -0.3 is 18.9 Å². The molecule has 2 aliphatic carbocycles. The van der Waals surface area contributed by atoms with E-state index in [2.05, 4.69) is 0 Å². The summed E-state index contributed by atoms with van der Waals surface area (Å²) in [4.78, 5) is 22.8. The normalized spacial score (nSPS) is 27.5. The fourth-order valence-electron chi connectivity index (χ4n) is 4.06. The summed E-state index contributed by atoms with van der Waals surface area (Å²) in [7, 11) is 0.